The number of carbonyl (C=O) groups excluding carboxylic acids is 1. The van der Waals surface area contributed by atoms with Crippen molar-refractivity contribution < 1.29 is 14.4 Å². The van der Waals surface area contributed by atoms with Crippen LogP contribution in [0, 0.1) is 0 Å². The molecule has 1 amide bonds. The molecule has 24 heavy (non-hydrogen) atoms. The second-order valence-corrected chi connectivity index (χ2v) is 7.23. The zero-order chi connectivity index (χ0) is 17.9. The van der Waals surface area contributed by atoms with E-state index in [1.165, 1.54) is 0 Å². The first-order valence-corrected chi connectivity index (χ1v) is 8.12. The molecule has 0 aliphatic heterocycles. The van der Waals surface area contributed by atoms with Crippen LogP contribution in [-0.4, -0.2) is 21.2 Å². The fourth-order valence-corrected chi connectivity index (χ4v) is 2.14. The summed E-state index contributed by atoms with van der Waals surface area (Å²) >= 11 is 0. The van der Waals surface area contributed by atoms with Crippen LogP contribution in [0.25, 0.3) is 0 Å². The topological polar surface area (TPSA) is 88.2 Å². The Bertz CT molecular complexity index is 715. The maximum atomic E-state index is 12.1. The van der Waals surface area contributed by atoms with Gasteiger partial charge in [-0.05, 0) is 23.1 Å². The molecule has 6 heteroatoms. The van der Waals surface area contributed by atoms with Gasteiger partial charge in [-0.2, -0.15) is 4.98 Å². The van der Waals surface area contributed by atoms with Crippen molar-refractivity contribution in [3.63, 3.8) is 0 Å². The molecule has 1 aromatic heterocycles. The zero-order valence-electron chi connectivity index (χ0n) is 14.9. The summed E-state index contributed by atoms with van der Waals surface area (Å²) in [5, 5.41) is 16.6. The molecule has 1 heterocycles. The van der Waals surface area contributed by atoms with E-state index in [0.29, 0.717) is 23.8 Å². The third-order valence-electron chi connectivity index (χ3n) is 3.70. The first-order valence-electron chi connectivity index (χ1n) is 8.12. The van der Waals surface area contributed by atoms with Gasteiger partial charge in [0, 0.05) is 18.8 Å². The van der Waals surface area contributed by atoms with Gasteiger partial charge >= 0.3 is 0 Å². The Kier molecular flexibility index (Phi) is 5.26. The van der Waals surface area contributed by atoms with Gasteiger partial charge in [0.2, 0.25) is 11.8 Å². The highest BCUT2D eigenvalue weighted by Gasteiger charge is 2.17. The Balaban J connectivity index is 1.99. The van der Waals surface area contributed by atoms with Gasteiger partial charge in [-0.15, -0.1) is 0 Å². The summed E-state index contributed by atoms with van der Waals surface area (Å²) in [7, 11) is 0. The molecular weight excluding hydrogens is 306 g/mol. The largest absolute Gasteiger partial charge is 0.506 e. The minimum absolute atomic E-state index is 0.0521. The molecule has 130 valence electrons. The molecule has 6 nitrogen and oxygen atoms in total. The Morgan fingerprint density at radius 2 is 2.04 bits per heavy atom. The van der Waals surface area contributed by atoms with E-state index in [9.17, 15) is 9.90 Å². The lowest BCUT2D eigenvalue weighted by atomic mass is 9.87. The molecular formula is C18H25N3O3. The van der Waals surface area contributed by atoms with E-state index in [4.69, 9.17) is 4.52 Å². The number of carbonyl (C=O) groups is 1. The predicted molar refractivity (Wildman–Crippen MR) is 92.1 cm³/mol. The number of aromatic nitrogens is 2. The quantitative estimate of drug-likeness (QED) is 0.814. The lowest BCUT2D eigenvalue weighted by molar-refractivity contribution is -0.116. The van der Waals surface area contributed by atoms with Crippen molar-refractivity contribution in [3.8, 4) is 5.75 Å². The highest BCUT2D eigenvalue weighted by atomic mass is 16.5. The Morgan fingerprint density at radius 3 is 2.62 bits per heavy atom. The van der Waals surface area contributed by atoms with E-state index in [-0.39, 0.29) is 29.4 Å². The van der Waals surface area contributed by atoms with Crippen LogP contribution < -0.4 is 5.32 Å². The highest BCUT2D eigenvalue weighted by Crippen LogP contribution is 2.30. The maximum Gasteiger partial charge on any atom is 0.227 e. The lowest BCUT2D eigenvalue weighted by Crippen LogP contribution is -2.15. The van der Waals surface area contributed by atoms with Crippen LogP contribution in [0.2, 0.25) is 0 Å². The third-order valence-corrected chi connectivity index (χ3v) is 3.70. The third kappa shape index (κ3) is 4.57. The average molecular weight is 331 g/mol. The Labute approximate surface area is 142 Å². The molecule has 0 atom stereocenters. The number of amides is 1. The number of hydrogen-bond acceptors (Lipinski definition) is 5. The van der Waals surface area contributed by atoms with Crippen molar-refractivity contribution in [1.82, 2.24) is 10.1 Å². The van der Waals surface area contributed by atoms with Crippen molar-refractivity contribution in [2.24, 2.45) is 0 Å². The number of benzene rings is 1. The van der Waals surface area contributed by atoms with Crippen LogP contribution in [0.4, 0.5) is 5.69 Å². The molecule has 1 aromatic carbocycles. The van der Waals surface area contributed by atoms with Crippen molar-refractivity contribution in [2.75, 3.05) is 5.32 Å². The van der Waals surface area contributed by atoms with Crippen LogP contribution in [0.3, 0.4) is 0 Å². The van der Waals surface area contributed by atoms with Crippen molar-refractivity contribution in [2.45, 2.75) is 58.8 Å². The summed E-state index contributed by atoms with van der Waals surface area (Å²) in [6.07, 6.45) is 0.574. The number of aryl methyl sites for hydroxylation is 1. The van der Waals surface area contributed by atoms with Crippen LogP contribution in [-0.2, 0) is 16.6 Å². The summed E-state index contributed by atoms with van der Waals surface area (Å²) in [5.74, 6) is 1.12. The molecule has 0 fully saturated rings. The van der Waals surface area contributed by atoms with Crippen molar-refractivity contribution in [1.29, 1.82) is 0 Å². The number of aromatic hydroxyl groups is 1. The average Bonchev–Trinajstić information content (AvgIpc) is 2.95. The van der Waals surface area contributed by atoms with Gasteiger partial charge in [-0.25, -0.2) is 0 Å². The second-order valence-electron chi connectivity index (χ2n) is 7.23. The first-order chi connectivity index (χ1) is 11.2. The molecule has 0 saturated carbocycles. The van der Waals surface area contributed by atoms with Gasteiger partial charge in [0.15, 0.2) is 5.82 Å². The molecule has 0 spiro atoms. The molecule has 0 aliphatic carbocycles. The number of nitrogens with zero attached hydrogens (tertiary/aromatic N) is 2. The maximum absolute atomic E-state index is 12.1. The van der Waals surface area contributed by atoms with Crippen LogP contribution in [0.15, 0.2) is 22.7 Å². The van der Waals surface area contributed by atoms with Gasteiger partial charge in [0.1, 0.15) is 5.75 Å². The summed E-state index contributed by atoms with van der Waals surface area (Å²) in [5.41, 5.74) is 1.39. The second kappa shape index (κ2) is 7.03. The number of anilines is 1. The summed E-state index contributed by atoms with van der Waals surface area (Å²) in [6.45, 7) is 10.2. The van der Waals surface area contributed by atoms with Gasteiger partial charge in [-0.3, -0.25) is 4.79 Å². The van der Waals surface area contributed by atoms with E-state index < -0.39 is 0 Å². The van der Waals surface area contributed by atoms with Crippen LogP contribution >= 0.6 is 0 Å². The molecule has 2 aromatic rings. The standard InChI is InChI=1S/C18H25N3O3/c1-11(2)17-20-16(24-21-17)9-8-15(23)19-13-10-12(18(3,4)5)6-7-14(13)22/h6-7,10-11,22H,8-9H2,1-5H3,(H,19,23). The number of nitrogens with one attached hydrogen (secondary N) is 1. The smallest absolute Gasteiger partial charge is 0.227 e. The van der Waals surface area contributed by atoms with E-state index in [1.54, 1.807) is 12.1 Å². The van der Waals surface area contributed by atoms with E-state index >= 15 is 0 Å². The summed E-state index contributed by atoms with van der Waals surface area (Å²) in [6, 6.07) is 5.26. The lowest BCUT2D eigenvalue weighted by Gasteiger charge is -2.20. The van der Waals surface area contributed by atoms with E-state index in [1.807, 2.05) is 19.9 Å². The molecule has 0 bridgehead atoms. The van der Waals surface area contributed by atoms with E-state index in [2.05, 4.69) is 36.2 Å². The normalized spacial score (nSPS) is 11.8. The highest BCUT2D eigenvalue weighted by molar-refractivity contribution is 5.92. The summed E-state index contributed by atoms with van der Waals surface area (Å²) in [4.78, 5) is 16.4. The van der Waals surface area contributed by atoms with Crippen LogP contribution in [0.1, 0.15) is 64.2 Å². The predicted octanol–water partition coefficient (Wildman–Crippen LogP) is 3.77. The number of phenolic OH excluding ortho intramolecular Hbond substituents is 1. The molecule has 0 unspecified atom stereocenters. The van der Waals surface area contributed by atoms with Gasteiger partial charge in [0.05, 0.1) is 5.69 Å². The van der Waals surface area contributed by atoms with Gasteiger partial charge in [0.25, 0.3) is 0 Å². The van der Waals surface area contributed by atoms with Gasteiger partial charge in [-0.1, -0.05) is 45.8 Å². The minimum atomic E-state index is -0.208. The molecule has 0 aliphatic rings. The van der Waals surface area contributed by atoms with Gasteiger partial charge < -0.3 is 14.9 Å². The Morgan fingerprint density at radius 1 is 1.33 bits per heavy atom. The number of hydrogen-bond donors (Lipinski definition) is 2. The van der Waals surface area contributed by atoms with Crippen molar-refractivity contribution in [3.05, 3.63) is 35.5 Å². The summed E-state index contributed by atoms with van der Waals surface area (Å²) < 4.78 is 5.12. The minimum Gasteiger partial charge on any atom is -0.506 e. The Hall–Kier alpha value is -2.37. The molecule has 0 saturated heterocycles. The SMILES string of the molecule is CC(C)c1noc(CCC(=O)Nc2cc(C(C)(C)C)ccc2O)n1. The van der Waals surface area contributed by atoms with E-state index in [0.717, 1.165) is 5.56 Å². The monoisotopic (exact) mass is 331 g/mol. The van der Waals surface area contributed by atoms with Crippen molar-refractivity contribution >= 4 is 11.6 Å². The van der Waals surface area contributed by atoms with Crippen LogP contribution in [0.5, 0.6) is 5.75 Å². The zero-order valence-corrected chi connectivity index (χ0v) is 14.9. The number of rotatable bonds is 5. The fraction of sp³-hybridized carbons (Fsp3) is 0.500. The number of phenols is 1. The fourth-order valence-electron chi connectivity index (χ4n) is 2.14. The molecule has 2 N–H and O–H groups in total. The first kappa shape index (κ1) is 18.0. The molecule has 2 rings (SSSR count). The molecule has 0 radical (unpaired) electrons.